The predicted octanol–water partition coefficient (Wildman–Crippen LogP) is 4.65. The molecule has 2 aromatic heterocycles. The van der Waals surface area contributed by atoms with Gasteiger partial charge in [0.15, 0.2) is 0 Å². The monoisotopic (exact) mass is 480 g/mol. The van der Waals surface area contributed by atoms with Gasteiger partial charge in [-0.2, -0.15) is 5.10 Å². The summed E-state index contributed by atoms with van der Waals surface area (Å²) in [6.45, 7) is 0. The average molecular weight is 481 g/mol. The Morgan fingerprint density at radius 1 is 1.00 bits per heavy atom. The third kappa shape index (κ3) is 5.12. The maximum Gasteiger partial charge on any atom is 0.253 e. The summed E-state index contributed by atoms with van der Waals surface area (Å²) in [6, 6.07) is 18.7. The fourth-order valence-corrected chi connectivity index (χ4v) is 4.72. The van der Waals surface area contributed by atoms with Crippen LogP contribution >= 0.6 is 0 Å². The molecule has 5 rings (SSSR count). The summed E-state index contributed by atoms with van der Waals surface area (Å²) >= 11 is 0. The van der Waals surface area contributed by atoms with E-state index in [1.807, 2.05) is 66.7 Å². The molecule has 2 amide bonds. The first-order chi connectivity index (χ1) is 17.6. The molecule has 5 N–H and O–H groups in total. The van der Waals surface area contributed by atoms with Gasteiger partial charge in [-0.3, -0.25) is 19.7 Å². The lowest BCUT2D eigenvalue weighted by molar-refractivity contribution is -0.123. The van der Waals surface area contributed by atoms with Crippen LogP contribution in [0.25, 0.3) is 23.1 Å². The molecular weight excluding hydrogens is 452 g/mol. The number of carbonyl (C=O) groups excluding carboxylic acids is 2. The smallest absolute Gasteiger partial charge is 0.253 e. The zero-order chi connectivity index (χ0) is 24.9. The number of nitrogens with zero attached hydrogens (tertiary/aromatic N) is 2. The zero-order valence-corrected chi connectivity index (χ0v) is 19.8. The van der Waals surface area contributed by atoms with Crippen LogP contribution in [0.15, 0.2) is 66.9 Å². The lowest BCUT2D eigenvalue weighted by Gasteiger charge is -2.30. The van der Waals surface area contributed by atoms with Crippen molar-refractivity contribution in [1.29, 1.82) is 0 Å². The Morgan fingerprint density at radius 2 is 1.83 bits per heavy atom. The van der Waals surface area contributed by atoms with Crippen LogP contribution in [0.1, 0.15) is 47.4 Å². The molecular formula is C28H28N6O2. The first kappa shape index (κ1) is 23.3. The number of H-pyrrole nitrogens is 1. The van der Waals surface area contributed by atoms with Gasteiger partial charge in [-0.15, -0.1) is 0 Å². The average Bonchev–Trinajstić information content (AvgIpc) is 3.30. The molecule has 2 atom stereocenters. The topological polar surface area (TPSA) is 126 Å². The van der Waals surface area contributed by atoms with Crippen LogP contribution in [0.2, 0.25) is 0 Å². The second-order valence-corrected chi connectivity index (χ2v) is 9.00. The van der Waals surface area contributed by atoms with Gasteiger partial charge in [-0.25, -0.2) is 0 Å². The van der Waals surface area contributed by atoms with Crippen molar-refractivity contribution < 1.29 is 9.59 Å². The summed E-state index contributed by atoms with van der Waals surface area (Å²) in [6.07, 6.45) is 8.99. The van der Waals surface area contributed by atoms with Gasteiger partial charge in [-0.05, 0) is 67.5 Å². The number of benzene rings is 2. The number of amides is 2. The Balaban J connectivity index is 1.33. The Labute approximate surface area is 209 Å². The van der Waals surface area contributed by atoms with Crippen molar-refractivity contribution >= 4 is 46.2 Å². The van der Waals surface area contributed by atoms with Gasteiger partial charge in [0.05, 0.1) is 34.1 Å². The van der Waals surface area contributed by atoms with Crippen molar-refractivity contribution in [1.82, 2.24) is 20.5 Å². The number of anilines is 2. The molecule has 1 fully saturated rings. The number of aromatic nitrogens is 3. The standard InChI is InChI=1S/C28H28N6O2/c29-27(35)21-8-1-3-10-23(21)32-28(36)22-9-2-4-11-24(22)31-19-12-14-20-25(33-34-26(20)17-19)15-13-18-7-5-6-16-30-18/h2,4-7,9,11-17,21,23,31H,1,3,8,10H2,(H2,29,35)(H,32,36)(H,33,34)/b15-13+/t21-,23+/m0/s1. The van der Waals surface area contributed by atoms with Crippen LogP contribution in [0.4, 0.5) is 11.4 Å². The number of hydrogen-bond acceptors (Lipinski definition) is 5. The second-order valence-electron chi connectivity index (χ2n) is 9.00. The van der Waals surface area contributed by atoms with E-state index in [9.17, 15) is 9.59 Å². The third-order valence-electron chi connectivity index (χ3n) is 6.59. The molecule has 0 unspecified atom stereocenters. The predicted molar refractivity (Wildman–Crippen MR) is 141 cm³/mol. The van der Waals surface area contributed by atoms with Crippen LogP contribution in [-0.2, 0) is 4.79 Å². The van der Waals surface area contributed by atoms with Crippen LogP contribution < -0.4 is 16.4 Å². The Morgan fingerprint density at radius 3 is 2.67 bits per heavy atom. The summed E-state index contributed by atoms with van der Waals surface area (Å²) < 4.78 is 0. The molecule has 0 saturated heterocycles. The molecule has 0 spiro atoms. The molecule has 0 bridgehead atoms. The number of para-hydroxylation sites is 1. The Kier molecular flexibility index (Phi) is 6.75. The van der Waals surface area contributed by atoms with E-state index in [1.165, 1.54) is 0 Å². The number of nitrogens with two attached hydrogens (primary N) is 1. The van der Waals surface area contributed by atoms with E-state index in [0.717, 1.165) is 47.2 Å². The number of rotatable bonds is 7. The molecule has 2 heterocycles. The summed E-state index contributed by atoms with van der Waals surface area (Å²) in [7, 11) is 0. The van der Waals surface area contributed by atoms with Gasteiger partial charge >= 0.3 is 0 Å². The quantitative estimate of drug-likeness (QED) is 0.306. The number of fused-ring (bicyclic) bond motifs is 1. The van der Waals surface area contributed by atoms with E-state index in [-0.39, 0.29) is 23.8 Å². The second kappa shape index (κ2) is 10.4. The molecule has 0 aliphatic heterocycles. The fourth-order valence-electron chi connectivity index (χ4n) is 4.72. The number of primary amides is 1. The summed E-state index contributed by atoms with van der Waals surface area (Å²) in [4.78, 5) is 29.3. The number of aromatic amines is 1. The van der Waals surface area contributed by atoms with E-state index in [2.05, 4.69) is 25.8 Å². The van der Waals surface area contributed by atoms with Crippen LogP contribution in [-0.4, -0.2) is 33.0 Å². The van der Waals surface area contributed by atoms with Gasteiger partial charge in [-0.1, -0.05) is 31.0 Å². The highest BCUT2D eigenvalue weighted by atomic mass is 16.2. The van der Waals surface area contributed by atoms with Gasteiger partial charge in [0.1, 0.15) is 0 Å². The first-order valence-corrected chi connectivity index (χ1v) is 12.1. The van der Waals surface area contributed by atoms with Crippen molar-refractivity contribution in [2.75, 3.05) is 5.32 Å². The number of carbonyl (C=O) groups is 2. The molecule has 1 aliphatic rings. The number of pyridine rings is 1. The van der Waals surface area contributed by atoms with Gasteiger partial charge in [0.2, 0.25) is 5.91 Å². The highest BCUT2D eigenvalue weighted by molar-refractivity contribution is 6.01. The Bertz CT molecular complexity index is 1410. The minimum absolute atomic E-state index is 0.221. The molecule has 1 aliphatic carbocycles. The van der Waals surface area contributed by atoms with Crippen LogP contribution in [0.3, 0.4) is 0 Å². The Hall–Kier alpha value is -4.46. The number of nitrogens with one attached hydrogen (secondary N) is 3. The third-order valence-corrected chi connectivity index (χ3v) is 6.59. The molecule has 8 nitrogen and oxygen atoms in total. The highest BCUT2D eigenvalue weighted by Gasteiger charge is 2.31. The number of hydrogen-bond donors (Lipinski definition) is 4. The summed E-state index contributed by atoms with van der Waals surface area (Å²) in [5, 5.41) is 14.9. The van der Waals surface area contributed by atoms with Gasteiger partial charge in [0.25, 0.3) is 5.91 Å². The maximum atomic E-state index is 13.2. The lowest BCUT2D eigenvalue weighted by Crippen LogP contribution is -2.47. The molecule has 0 radical (unpaired) electrons. The lowest BCUT2D eigenvalue weighted by atomic mass is 9.84. The fraction of sp³-hybridized carbons (Fsp3) is 0.214. The minimum atomic E-state index is -0.353. The van der Waals surface area contributed by atoms with Crippen LogP contribution in [0, 0.1) is 5.92 Å². The van der Waals surface area contributed by atoms with Crippen molar-refractivity contribution in [3.63, 3.8) is 0 Å². The van der Waals surface area contributed by atoms with E-state index in [0.29, 0.717) is 17.7 Å². The van der Waals surface area contributed by atoms with E-state index in [1.54, 1.807) is 12.3 Å². The van der Waals surface area contributed by atoms with Gasteiger partial charge in [0, 0.05) is 23.3 Å². The van der Waals surface area contributed by atoms with Crippen molar-refractivity contribution in [2.24, 2.45) is 11.7 Å². The molecule has 1 saturated carbocycles. The molecule has 36 heavy (non-hydrogen) atoms. The molecule has 2 aromatic carbocycles. The summed E-state index contributed by atoms with van der Waals surface area (Å²) in [5.74, 6) is -0.902. The van der Waals surface area contributed by atoms with E-state index < -0.39 is 0 Å². The molecule has 182 valence electrons. The minimum Gasteiger partial charge on any atom is -0.369 e. The maximum absolute atomic E-state index is 13.2. The SMILES string of the molecule is NC(=O)[C@H]1CCCC[C@H]1NC(=O)c1ccccc1Nc1ccc2c(/C=C/c3ccccn3)n[nH]c2c1. The zero-order valence-electron chi connectivity index (χ0n) is 19.8. The molecule has 8 heteroatoms. The van der Waals surface area contributed by atoms with Crippen molar-refractivity contribution in [2.45, 2.75) is 31.7 Å². The van der Waals surface area contributed by atoms with Crippen molar-refractivity contribution in [3.05, 3.63) is 83.8 Å². The largest absolute Gasteiger partial charge is 0.369 e. The normalized spacial score (nSPS) is 17.8. The first-order valence-electron chi connectivity index (χ1n) is 12.1. The van der Waals surface area contributed by atoms with Gasteiger partial charge < -0.3 is 16.4 Å². The highest BCUT2D eigenvalue weighted by Crippen LogP contribution is 2.28. The van der Waals surface area contributed by atoms with E-state index >= 15 is 0 Å². The van der Waals surface area contributed by atoms with Crippen LogP contribution in [0.5, 0.6) is 0 Å². The molecule has 4 aromatic rings. The van der Waals surface area contributed by atoms with Crippen molar-refractivity contribution in [3.8, 4) is 0 Å². The van der Waals surface area contributed by atoms with E-state index in [4.69, 9.17) is 5.73 Å². The summed E-state index contributed by atoms with van der Waals surface area (Å²) in [5.41, 5.74) is 10.1.